The second-order valence-corrected chi connectivity index (χ2v) is 17.5. The molecule has 0 spiro atoms. The fourth-order valence-electron chi connectivity index (χ4n) is 9.85. The van der Waals surface area contributed by atoms with E-state index >= 15 is 0 Å². The molecule has 12 nitrogen and oxygen atoms in total. The molecule has 0 aromatic heterocycles. The molecule has 6 aromatic rings. The van der Waals surface area contributed by atoms with E-state index in [1.165, 1.54) is 0 Å². The van der Waals surface area contributed by atoms with E-state index in [4.69, 9.17) is 56.8 Å². The first-order valence-corrected chi connectivity index (χ1v) is 23.3. The topological polar surface area (TPSA) is 111 Å². The van der Waals surface area contributed by atoms with Crippen LogP contribution in [0.15, 0.2) is 72.8 Å². The molecule has 0 N–H and O–H groups in total. The Labute approximate surface area is 397 Å². The van der Waals surface area contributed by atoms with Crippen LogP contribution in [0.3, 0.4) is 0 Å². The van der Waals surface area contributed by atoms with Crippen LogP contribution in [0, 0.1) is 0 Å². The Hall–Kier alpha value is -7.08. The van der Waals surface area contributed by atoms with Crippen molar-refractivity contribution in [2.45, 2.75) is 51.4 Å². The van der Waals surface area contributed by atoms with Crippen LogP contribution in [0.5, 0.6) is 69.0 Å². The molecule has 68 heavy (non-hydrogen) atoms. The molecule has 0 radical (unpaired) electrons. The van der Waals surface area contributed by atoms with Crippen LogP contribution >= 0.6 is 0 Å². The summed E-state index contributed by atoms with van der Waals surface area (Å²) in [5, 5.41) is 0. The number of hydrogen-bond acceptors (Lipinski definition) is 12. The molecule has 8 heterocycles. The van der Waals surface area contributed by atoms with Gasteiger partial charge in [-0.1, -0.05) is 0 Å². The summed E-state index contributed by atoms with van der Waals surface area (Å²) in [5.41, 5.74) is 13.2. The Balaban J connectivity index is 1.17. The summed E-state index contributed by atoms with van der Waals surface area (Å²) in [6, 6.07) is 25.3. The van der Waals surface area contributed by atoms with Gasteiger partial charge in [0.05, 0.1) is 69.1 Å². The summed E-state index contributed by atoms with van der Waals surface area (Å²) >= 11 is 0. The molecule has 12 heteroatoms. The number of methoxy groups -OCH3 is 6. The zero-order valence-electron chi connectivity index (χ0n) is 39.7. The largest absolute Gasteiger partial charge is 0.493 e. The van der Waals surface area contributed by atoms with Gasteiger partial charge in [-0.25, -0.2) is 0 Å². The van der Waals surface area contributed by atoms with Gasteiger partial charge in [-0.3, -0.25) is 0 Å². The Morgan fingerprint density at radius 2 is 0.397 bits per heavy atom. The highest BCUT2D eigenvalue weighted by Gasteiger charge is 2.26. The van der Waals surface area contributed by atoms with E-state index in [-0.39, 0.29) is 13.2 Å². The summed E-state index contributed by atoms with van der Waals surface area (Å²) in [6.45, 7) is 2.12. The molecule has 0 fully saturated rings. The van der Waals surface area contributed by atoms with Crippen molar-refractivity contribution in [3.8, 4) is 69.0 Å². The van der Waals surface area contributed by atoms with Crippen LogP contribution in [0.25, 0.3) is 0 Å². The van der Waals surface area contributed by atoms with E-state index in [1.54, 1.807) is 42.7 Å². The Kier molecular flexibility index (Phi) is 12.9. The first-order chi connectivity index (χ1) is 33.3. The smallest absolute Gasteiger partial charge is 0.161 e. The van der Waals surface area contributed by atoms with Crippen LogP contribution in [0.4, 0.5) is 0 Å². The molecule has 0 amide bonds. The average molecular weight is 923 g/mol. The molecule has 0 saturated heterocycles. The van der Waals surface area contributed by atoms with Crippen LogP contribution in [0.2, 0.25) is 0 Å². The molecule has 2 aliphatic carbocycles. The molecule has 8 aliphatic heterocycles. The molecule has 0 saturated carbocycles. The van der Waals surface area contributed by atoms with Gasteiger partial charge in [0.1, 0.15) is 13.2 Å². The predicted molar refractivity (Wildman–Crippen MR) is 257 cm³/mol. The van der Waals surface area contributed by atoms with Gasteiger partial charge >= 0.3 is 0 Å². The van der Waals surface area contributed by atoms with Crippen molar-refractivity contribution < 1.29 is 56.8 Å². The lowest BCUT2D eigenvalue weighted by Crippen LogP contribution is -2.11. The fourth-order valence-corrected chi connectivity index (χ4v) is 9.85. The standard InChI is InChI=1S/C56H58O12/c1-57-45-21-33-15-39-27-51-47(59-3)23-35(39)19-43-31-55-49(61-5)25-37(43)17-41(33)29-53(45)65-11-7-9-63-52-28-40-16-34-22-46(58-2)54(66-12-8-10-64-51)30-42(34)18-38-26-50(62-6)56(68-14-13-67-55)32-44(38)20-36(40)24-48(52)60-4/h21-32H,7-20H2,1-6H3. The molecular formula is C56H58O12. The Morgan fingerprint density at radius 1 is 0.235 bits per heavy atom. The zero-order valence-corrected chi connectivity index (χ0v) is 39.7. The molecule has 0 atom stereocenters. The van der Waals surface area contributed by atoms with E-state index in [0.717, 1.165) is 66.8 Å². The SMILES string of the molecule is COc1cc2c3cc1OCCCOc1cc4c(cc1OC)Cc1cc5c(OC)cc1Cc1cc(c(OC)cc1C4)OCCOc1cc(c(cc1OC)Cc1cc(c(OC)cc1C3)OCCCO5)C2. The zero-order chi connectivity index (χ0) is 46.7. The van der Waals surface area contributed by atoms with Crippen molar-refractivity contribution >= 4 is 0 Å². The first kappa shape index (κ1) is 44.7. The summed E-state index contributed by atoms with van der Waals surface area (Å²) in [5.74, 6) is 7.82. The summed E-state index contributed by atoms with van der Waals surface area (Å²) in [4.78, 5) is 0. The minimum absolute atomic E-state index is 0.255. The van der Waals surface area contributed by atoms with E-state index < -0.39 is 0 Å². The summed E-state index contributed by atoms with van der Waals surface area (Å²) in [7, 11) is 10.1. The average Bonchev–Trinajstić information content (AvgIpc) is 3.44. The molecule has 354 valence electrons. The van der Waals surface area contributed by atoms with Crippen molar-refractivity contribution in [1.29, 1.82) is 0 Å². The number of benzene rings is 6. The van der Waals surface area contributed by atoms with Crippen LogP contribution in [-0.4, -0.2) is 82.3 Å². The second-order valence-electron chi connectivity index (χ2n) is 17.5. The van der Waals surface area contributed by atoms with Crippen molar-refractivity contribution in [3.05, 3.63) is 140 Å². The van der Waals surface area contributed by atoms with Crippen LogP contribution in [-0.2, 0) is 38.5 Å². The third-order valence-corrected chi connectivity index (χ3v) is 13.4. The molecule has 16 bridgehead atoms. The third-order valence-electron chi connectivity index (χ3n) is 13.4. The number of hydrogen-bond donors (Lipinski definition) is 0. The number of ether oxygens (including phenoxy) is 12. The highest BCUT2D eigenvalue weighted by Crippen LogP contribution is 2.44. The monoisotopic (exact) mass is 922 g/mol. The lowest BCUT2D eigenvalue weighted by atomic mass is 9.94. The summed E-state index contributed by atoms with van der Waals surface area (Å²) in [6.07, 6.45) is 4.94. The molecule has 16 rings (SSSR count). The van der Waals surface area contributed by atoms with Gasteiger partial charge in [-0.05, 0) is 178 Å². The maximum absolute atomic E-state index is 6.56. The first-order valence-electron chi connectivity index (χ1n) is 23.3. The van der Waals surface area contributed by atoms with E-state index in [9.17, 15) is 0 Å². The van der Waals surface area contributed by atoms with Gasteiger partial charge in [0, 0.05) is 12.8 Å². The summed E-state index contributed by atoms with van der Waals surface area (Å²) < 4.78 is 75.5. The Morgan fingerprint density at radius 3 is 0.574 bits per heavy atom. The quantitative estimate of drug-likeness (QED) is 0.158. The minimum Gasteiger partial charge on any atom is -0.493 e. The molecule has 0 unspecified atom stereocenters. The van der Waals surface area contributed by atoms with E-state index in [0.29, 0.717) is 147 Å². The Bertz CT molecular complexity index is 2650. The van der Waals surface area contributed by atoms with Crippen molar-refractivity contribution in [3.63, 3.8) is 0 Å². The van der Waals surface area contributed by atoms with Gasteiger partial charge in [0.2, 0.25) is 0 Å². The van der Waals surface area contributed by atoms with E-state index in [2.05, 4.69) is 72.8 Å². The second kappa shape index (κ2) is 19.6. The van der Waals surface area contributed by atoms with Crippen LogP contribution < -0.4 is 56.8 Å². The fraction of sp³-hybridized carbons (Fsp3) is 0.357. The highest BCUT2D eigenvalue weighted by atomic mass is 16.6. The van der Waals surface area contributed by atoms with Gasteiger partial charge < -0.3 is 56.8 Å². The molecular weight excluding hydrogens is 865 g/mol. The van der Waals surface area contributed by atoms with Crippen molar-refractivity contribution in [1.82, 2.24) is 0 Å². The molecule has 6 aromatic carbocycles. The van der Waals surface area contributed by atoms with Gasteiger partial charge in [0.25, 0.3) is 0 Å². The highest BCUT2D eigenvalue weighted by molar-refractivity contribution is 5.60. The van der Waals surface area contributed by atoms with Gasteiger partial charge in [0.15, 0.2) is 69.0 Å². The van der Waals surface area contributed by atoms with E-state index in [1.807, 2.05) is 0 Å². The minimum atomic E-state index is 0.255. The predicted octanol–water partition coefficient (Wildman–Crippen LogP) is 9.69. The number of rotatable bonds is 6. The lowest BCUT2D eigenvalue weighted by molar-refractivity contribution is 0.206. The van der Waals surface area contributed by atoms with Gasteiger partial charge in [-0.15, -0.1) is 0 Å². The van der Waals surface area contributed by atoms with Crippen molar-refractivity contribution in [2.24, 2.45) is 0 Å². The maximum Gasteiger partial charge on any atom is 0.161 e. The van der Waals surface area contributed by atoms with Gasteiger partial charge in [-0.2, -0.15) is 0 Å². The van der Waals surface area contributed by atoms with Crippen molar-refractivity contribution in [2.75, 3.05) is 82.3 Å². The third kappa shape index (κ3) is 9.03. The lowest BCUT2D eigenvalue weighted by Gasteiger charge is -2.19. The normalized spacial score (nSPS) is 15.1. The van der Waals surface area contributed by atoms with Crippen LogP contribution in [0.1, 0.15) is 79.6 Å². The molecule has 10 aliphatic rings. The maximum atomic E-state index is 6.56.